The van der Waals surface area contributed by atoms with E-state index in [0.717, 1.165) is 22.6 Å². The smallest absolute Gasteiger partial charge is 0.258 e. The quantitative estimate of drug-likeness (QED) is 0.458. The molecule has 2 heterocycles. The van der Waals surface area contributed by atoms with Crippen molar-refractivity contribution in [1.29, 1.82) is 0 Å². The fourth-order valence-electron chi connectivity index (χ4n) is 6.60. The highest BCUT2D eigenvalue weighted by Crippen LogP contribution is 2.47. The zero-order valence-electron chi connectivity index (χ0n) is 22.2. The molecule has 2 aromatic carbocycles. The van der Waals surface area contributed by atoms with E-state index in [9.17, 15) is 10.2 Å². The van der Waals surface area contributed by atoms with Crippen LogP contribution in [-0.4, -0.2) is 49.2 Å². The number of nitrogens with zero attached hydrogens (tertiary/aromatic N) is 1. The number of hydrogen-bond donors (Lipinski definition) is 2. The summed E-state index contributed by atoms with van der Waals surface area (Å²) in [5.74, 6) is 1.50. The number of likely N-dealkylation sites (tertiary alicyclic amines) is 1. The first-order chi connectivity index (χ1) is 16.6. The summed E-state index contributed by atoms with van der Waals surface area (Å²) in [6.07, 6.45) is 0.570. The van der Waals surface area contributed by atoms with Crippen molar-refractivity contribution in [2.75, 3.05) is 19.7 Å². The van der Waals surface area contributed by atoms with E-state index in [1.54, 1.807) is 0 Å². The van der Waals surface area contributed by atoms with E-state index in [1.807, 2.05) is 48.5 Å². The zero-order chi connectivity index (χ0) is 25.4. The summed E-state index contributed by atoms with van der Waals surface area (Å²) in [5, 5.41) is 22.9. The predicted molar refractivity (Wildman–Crippen MR) is 144 cm³/mol. The second-order valence-corrected chi connectivity index (χ2v) is 16.7. The molecule has 2 aliphatic rings. The van der Waals surface area contributed by atoms with Crippen molar-refractivity contribution in [3.05, 3.63) is 59.7 Å². The van der Waals surface area contributed by atoms with Gasteiger partial charge in [0.25, 0.3) is 8.32 Å². The van der Waals surface area contributed by atoms with Crippen LogP contribution in [0.2, 0.25) is 16.6 Å². The van der Waals surface area contributed by atoms with E-state index in [0.29, 0.717) is 49.2 Å². The molecule has 0 spiro atoms. The third-order valence-electron chi connectivity index (χ3n) is 8.50. The van der Waals surface area contributed by atoms with Crippen LogP contribution in [-0.2, 0) is 5.60 Å². The molecule has 35 heavy (non-hydrogen) atoms. The summed E-state index contributed by atoms with van der Waals surface area (Å²) in [7, 11) is -2.19. The lowest BCUT2D eigenvalue weighted by atomic mass is 9.83. The van der Waals surface area contributed by atoms with Gasteiger partial charge in [0.2, 0.25) is 0 Å². The van der Waals surface area contributed by atoms with Crippen LogP contribution in [0.1, 0.15) is 71.6 Å². The van der Waals surface area contributed by atoms with E-state index in [4.69, 9.17) is 9.16 Å². The lowest BCUT2D eigenvalue weighted by Gasteiger charge is -2.46. The molecule has 0 radical (unpaired) electrons. The average Bonchev–Trinajstić information content (AvgIpc) is 2.83. The van der Waals surface area contributed by atoms with E-state index >= 15 is 0 Å². The highest BCUT2D eigenvalue weighted by Gasteiger charge is 2.48. The maximum absolute atomic E-state index is 11.7. The molecule has 0 aromatic heterocycles. The van der Waals surface area contributed by atoms with Gasteiger partial charge in [-0.3, -0.25) is 4.90 Å². The third kappa shape index (κ3) is 4.78. The number of rotatable bonds is 7. The van der Waals surface area contributed by atoms with Crippen molar-refractivity contribution in [2.24, 2.45) is 0 Å². The van der Waals surface area contributed by atoms with E-state index in [2.05, 4.69) is 46.4 Å². The minimum atomic E-state index is -2.19. The number of fused-ring (bicyclic) bond motifs is 1. The summed E-state index contributed by atoms with van der Waals surface area (Å²) >= 11 is 0. The molecule has 2 aliphatic heterocycles. The molecule has 0 saturated carbocycles. The number of piperidine rings is 1. The first kappa shape index (κ1) is 26.2. The number of aliphatic hydroxyl groups is 2. The second-order valence-electron chi connectivity index (χ2n) is 11.3. The fraction of sp³-hybridized carbons (Fsp3) is 0.586. The lowest BCUT2D eigenvalue weighted by molar-refractivity contribution is -0.0667. The minimum absolute atomic E-state index is 0.166. The first-order valence-corrected chi connectivity index (χ1v) is 15.4. The second kappa shape index (κ2) is 10.2. The lowest BCUT2D eigenvalue weighted by Crippen LogP contribution is -2.53. The molecule has 5 nitrogen and oxygen atoms in total. The van der Waals surface area contributed by atoms with Crippen molar-refractivity contribution in [3.8, 4) is 11.5 Å². The van der Waals surface area contributed by atoms with Gasteiger partial charge < -0.3 is 19.4 Å². The molecule has 1 fully saturated rings. The average molecular weight is 498 g/mol. The molecule has 2 aromatic rings. The Morgan fingerprint density at radius 1 is 0.914 bits per heavy atom. The maximum atomic E-state index is 11.7. The van der Waals surface area contributed by atoms with Gasteiger partial charge in [-0.2, -0.15) is 0 Å². The molecule has 2 N–H and O–H groups in total. The van der Waals surface area contributed by atoms with Crippen LogP contribution in [0.4, 0.5) is 0 Å². The molecule has 1 saturated heterocycles. The molecule has 0 aliphatic carbocycles. The molecule has 2 atom stereocenters. The monoisotopic (exact) mass is 497 g/mol. The predicted octanol–water partition coefficient (Wildman–Crippen LogP) is 6.02. The van der Waals surface area contributed by atoms with Crippen molar-refractivity contribution in [3.63, 3.8) is 0 Å². The maximum Gasteiger partial charge on any atom is 0.258 e. The number of hydrogen-bond acceptors (Lipinski definition) is 5. The van der Waals surface area contributed by atoms with E-state index in [1.165, 1.54) is 0 Å². The summed E-state index contributed by atoms with van der Waals surface area (Å²) in [6.45, 7) is 15.5. The van der Waals surface area contributed by atoms with Crippen LogP contribution in [0.5, 0.6) is 11.5 Å². The van der Waals surface area contributed by atoms with Crippen LogP contribution in [0.3, 0.4) is 0 Å². The molecule has 0 amide bonds. The molecule has 6 heteroatoms. The van der Waals surface area contributed by atoms with Crippen LogP contribution >= 0.6 is 0 Å². The summed E-state index contributed by atoms with van der Waals surface area (Å²) in [5.41, 5.74) is 2.25. The minimum Gasteiger partial charge on any atom is -0.542 e. The molecule has 4 rings (SSSR count). The fourth-order valence-corrected chi connectivity index (χ4v) is 11.9. The standard InChI is InChI=1S/C29H43NO4Si/c1-20(2)35(21(3)4,22(5)6)34-26-14-10-13-25-27(26)28(31)24(19-33-25)30-17-15-29(32,16-18-30)23-11-8-7-9-12-23/h7-14,20-22,24,28,31-32H,15-19H2,1-6H3/t24-,28+/m1/s1. The van der Waals surface area contributed by atoms with E-state index in [-0.39, 0.29) is 6.04 Å². The Balaban J connectivity index is 1.57. The van der Waals surface area contributed by atoms with Crippen LogP contribution in [0, 0.1) is 0 Å². The van der Waals surface area contributed by atoms with Gasteiger partial charge in [0.15, 0.2) is 0 Å². The largest absolute Gasteiger partial charge is 0.542 e. The highest BCUT2D eigenvalue weighted by molar-refractivity contribution is 6.78. The Labute approximate surface area is 212 Å². The number of ether oxygens (including phenoxy) is 1. The highest BCUT2D eigenvalue weighted by atomic mass is 28.4. The topological polar surface area (TPSA) is 62.2 Å². The first-order valence-electron chi connectivity index (χ1n) is 13.2. The van der Waals surface area contributed by atoms with Gasteiger partial charge in [-0.25, -0.2) is 0 Å². The van der Waals surface area contributed by atoms with E-state index < -0.39 is 20.0 Å². The molecule has 192 valence electrons. The van der Waals surface area contributed by atoms with Crippen molar-refractivity contribution < 1.29 is 19.4 Å². The normalized spacial score (nSPS) is 22.8. The van der Waals surface area contributed by atoms with Gasteiger partial charge in [-0.15, -0.1) is 0 Å². The summed E-state index contributed by atoms with van der Waals surface area (Å²) in [6, 6.07) is 15.7. The summed E-state index contributed by atoms with van der Waals surface area (Å²) < 4.78 is 13.2. The summed E-state index contributed by atoms with van der Waals surface area (Å²) in [4.78, 5) is 2.28. The Bertz CT molecular complexity index is 964. The number of benzene rings is 2. The van der Waals surface area contributed by atoms with Gasteiger partial charge in [-0.1, -0.05) is 77.9 Å². The molecule has 0 unspecified atom stereocenters. The van der Waals surface area contributed by atoms with Gasteiger partial charge >= 0.3 is 0 Å². The Morgan fingerprint density at radius 3 is 2.09 bits per heavy atom. The molecular weight excluding hydrogens is 454 g/mol. The molecular formula is C29H43NO4Si. The Hall–Kier alpha value is -1.86. The van der Waals surface area contributed by atoms with Crippen molar-refractivity contribution in [2.45, 2.75) is 88.8 Å². The van der Waals surface area contributed by atoms with Crippen molar-refractivity contribution >= 4 is 8.32 Å². The van der Waals surface area contributed by atoms with Crippen molar-refractivity contribution in [1.82, 2.24) is 4.90 Å². The zero-order valence-corrected chi connectivity index (χ0v) is 23.2. The van der Waals surface area contributed by atoms with Gasteiger partial charge in [-0.05, 0) is 47.2 Å². The molecule has 0 bridgehead atoms. The van der Waals surface area contributed by atoms with Gasteiger partial charge in [0, 0.05) is 13.1 Å². The van der Waals surface area contributed by atoms with Crippen LogP contribution in [0.15, 0.2) is 48.5 Å². The Kier molecular flexibility index (Phi) is 7.67. The third-order valence-corrected chi connectivity index (χ3v) is 14.5. The SMILES string of the molecule is CC(C)[Si](Oc1cccc2c1[C@@H](O)[C@H](N1CCC(O)(c3ccccc3)CC1)CO2)(C(C)C)C(C)C. The Morgan fingerprint density at radius 2 is 1.51 bits per heavy atom. The number of aliphatic hydroxyl groups excluding tert-OH is 1. The van der Waals surface area contributed by atoms with Crippen LogP contribution in [0.25, 0.3) is 0 Å². The van der Waals surface area contributed by atoms with Crippen LogP contribution < -0.4 is 9.16 Å². The van der Waals surface area contributed by atoms with Gasteiger partial charge in [0.1, 0.15) is 24.2 Å². The van der Waals surface area contributed by atoms with Gasteiger partial charge in [0.05, 0.1) is 17.2 Å².